The van der Waals surface area contributed by atoms with Crippen molar-refractivity contribution in [2.75, 3.05) is 18.5 Å². The molecule has 0 fully saturated rings. The third kappa shape index (κ3) is 6.15. The number of anilines is 1. The second-order valence-electron chi connectivity index (χ2n) is 6.12. The minimum absolute atomic E-state index is 0.0183. The van der Waals surface area contributed by atoms with E-state index >= 15 is 0 Å². The summed E-state index contributed by atoms with van der Waals surface area (Å²) in [6, 6.07) is 12.1. The van der Waals surface area contributed by atoms with Crippen LogP contribution in [-0.4, -0.2) is 37.1 Å². The molecule has 2 aromatic heterocycles. The molecule has 11 heteroatoms. The van der Waals surface area contributed by atoms with Crippen LogP contribution in [0.1, 0.15) is 20.0 Å². The molecule has 0 unspecified atom stereocenters. The van der Waals surface area contributed by atoms with Crippen molar-refractivity contribution in [3.05, 3.63) is 63.7 Å². The van der Waals surface area contributed by atoms with Crippen LogP contribution in [0, 0.1) is 0 Å². The lowest BCUT2D eigenvalue weighted by molar-refractivity contribution is -0.140. The highest BCUT2D eigenvalue weighted by atomic mass is 32.1. The topological polar surface area (TPSA) is 84.5 Å². The van der Waals surface area contributed by atoms with Crippen LogP contribution in [0.15, 0.2) is 53.2 Å². The van der Waals surface area contributed by atoms with Crippen LogP contribution < -0.4 is 10.6 Å². The molecule has 0 aliphatic rings. The molecule has 0 saturated heterocycles. The predicted octanol–water partition coefficient (Wildman–Crippen LogP) is 4.56. The number of halogens is 3. The molecule has 31 heavy (non-hydrogen) atoms. The Morgan fingerprint density at radius 3 is 2.39 bits per heavy atom. The lowest BCUT2D eigenvalue weighted by Gasteiger charge is -2.11. The zero-order chi connectivity index (χ0) is 22.4. The number of esters is 1. The molecule has 1 aromatic carbocycles. The number of rotatable bonds is 7. The summed E-state index contributed by atoms with van der Waals surface area (Å²) >= 11 is 2.32. The maximum atomic E-state index is 12.7. The van der Waals surface area contributed by atoms with Gasteiger partial charge >= 0.3 is 12.1 Å². The van der Waals surface area contributed by atoms with E-state index in [0.29, 0.717) is 16.0 Å². The third-order valence-corrected chi connectivity index (χ3v) is 5.64. The number of carbonyl (C=O) groups is 3. The van der Waals surface area contributed by atoms with Crippen molar-refractivity contribution >= 4 is 45.5 Å². The lowest BCUT2D eigenvalue weighted by atomic mass is 10.0. The van der Waals surface area contributed by atoms with E-state index in [1.807, 2.05) is 0 Å². The number of thiophene rings is 2. The number of nitrogens with one attached hydrogen (secondary N) is 2. The number of carbonyl (C=O) groups excluding carboxylic acids is 3. The summed E-state index contributed by atoms with van der Waals surface area (Å²) in [5.41, 5.74) is 1.15. The first-order valence-corrected chi connectivity index (χ1v) is 10.5. The van der Waals surface area contributed by atoms with Gasteiger partial charge in [0.2, 0.25) is 0 Å². The Labute approximate surface area is 182 Å². The van der Waals surface area contributed by atoms with Crippen molar-refractivity contribution in [2.45, 2.75) is 6.18 Å². The first-order chi connectivity index (χ1) is 14.7. The van der Waals surface area contributed by atoms with Crippen LogP contribution in [0.5, 0.6) is 0 Å². The molecule has 2 amide bonds. The minimum Gasteiger partial charge on any atom is -0.452 e. The Hall–Kier alpha value is -3.18. The number of hydrogen-bond donors (Lipinski definition) is 2. The van der Waals surface area contributed by atoms with E-state index < -0.39 is 37.1 Å². The summed E-state index contributed by atoms with van der Waals surface area (Å²) in [7, 11) is 0. The van der Waals surface area contributed by atoms with Gasteiger partial charge in [-0.1, -0.05) is 36.4 Å². The second-order valence-corrected chi connectivity index (χ2v) is 7.95. The van der Waals surface area contributed by atoms with Crippen LogP contribution in [0.4, 0.5) is 18.2 Å². The fourth-order valence-electron chi connectivity index (χ4n) is 2.51. The fraction of sp³-hybridized carbons (Fsp3) is 0.150. The van der Waals surface area contributed by atoms with Gasteiger partial charge in [-0.25, -0.2) is 4.79 Å². The molecule has 2 N–H and O–H groups in total. The summed E-state index contributed by atoms with van der Waals surface area (Å²) in [5, 5.41) is 7.87. The summed E-state index contributed by atoms with van der Waals surface area (Å²) < 4.78 is 41.6. The van der Waals surface area contributed by atoms with Gasteiger partial charge in [0, 0.05) is 10.9 Å². The van der Waals surface area contributed by atoms with Gasteiger partial charge in [-0.3, -0.25) is 9.59 Å². The number of benzene rings is 1. The maximum Gasteiger partial charge on any atom is 0.405 e. The number of ether oxygens (including phenoxy) is 1. The third-order valence-electron chi connectivity index (χ3n) is 3.87. The predicted molar refractivity (Wildman–Crippen MR) is 111 cm³/mol. The van der Waals surface area contributed by atoms with E-state index in [9.17, 15) is 27.6 Å². The average molecular weight is 468 g/mol. The highest BCUT2D eigenvalue weighted by Gasteiger charge is 2.28. The van der Waals surface area contributed by atoms with Gasteiger partial charge in [-0.15, -0.1) is 22.7 Å². The van der Waals surface area contributed by atoms with E-state index in [-0.39, 0.29) is 10.6 Å². The molecule has 0 aliphatic carbocycles. The van der Waals surface area contributed by atoms with Gasteiger partial charge < -0.3 is 15.4 Å². The van der Waals surface area contributed by atoms with Gasteiger partial charge in [0.15, 0.2) is 6.61 Å². The molecule has 0 saturated carbocycles. The average Bonchev–Trinajstić information content (AvgIpc) is 3.41. The zero-order valence-corrected chi connectivity index (χ0v) is 17.3. The monoisotopic (exact) mass is 468 g/mol. The number of amides is 2. The Morgan fingerprint density at radius 2 is 1.74 bits per heavy atom. The van der Waals surface area contributed by atoms with Crippen LogP contribution in [0.2, 0.25) is 0 Å². The molecular weight excluding hydrogens is 453 g/mol. The van der Waals surface area contributed by atoms with Gasteiger partial charge in [0.1, 0.15) is 17.1 Å². The van der Waals surface area contributed by atoms with E-state index in [1.54, 1.807) is 58.5 Å². The van der Waals surface area contributed by atoms with Crippen molar-refractivity contribution in [3.63, 3.8) is 0 Å². The first kappa shape index (κ1) is 22.5. The first-order valence-electron chi connectivity index (χ1n) is 8.77. The highest BCUT2D eigenvalue weighted by molar-refractivity contribution is 7.15. The molecule has 6 nitrogen and oxygen atoms in total. The van der Waals surface area contributed by atoms with E-state index in [4.69, 9.17) is 4.74 Å². The standard InChI is InChI=1S/C20H15F3N2O4S2/c21-20(22,23)11-24-15(26)9-29-19(28)16-13(12-5-2-1-3-6-12)10-31-18(16)25-17(27)14-7-4-8-30-14/h1-8,10H,9,11H2,(H,24,26)(H,25,27). The van der Waals surface area contributed by atoms with Gasteiger partial charge in [-0.05, 0) is 17.0 Å². The van der Waals surface area contributed by atoms with E-state index in [0.717, 1.165) is 11.3 Å². The highest BCUT2D eigenvalue weighted by Crippen LogP contribution is 2.36. The molecule has 0 spiro atoms. The quantitative estimate of drug-likeness (QED) is 0.498. The Balaban J connectivity index is 1.80. The van der Waals surface area contributed by atoms with Crippen LogP contribution in [-0.2, 0) is 9.53 Å². The maximum absolute atomic E-state index is 12.7. The van der Waals surface area contributed by atoms with Crippen LogP contribution in [0.25, 0.3) is 11.1 Å². The van der Waals surface area contributed by atoms with E-state index in [2.05, 4.69) is 5.32 Å². The van der Waals surface area contributed by atoms with Crippen molar-refractivity contribution < 1.29 is 32.3 Å². The summed E-state index contributed by atoms with van der Waals surface area (Å²) in [6.07, 6.45) is -4.58. The molecule has 0 atom stereocenters. The Kier molecular flexibility index (Phi) is 7.08. The van der Waals surface area contributed by atoms with Gasteiger partial charge in [0.25, 0.3) is 11.8 Å². The Morgan fingerprint density at radius 1 is 1.00 bits per heavy atom. The zero-order valence-electron chi connectivity index (χ0n) is 15.7. The van der Waals surface area contributed by atoms with Crippen molar-refractivity contribution in [3.8, 4) is 11.1 Å². The fourth-order valence-corrected chi connectivity index (χ4v) is 4.08. The Bertz CT molecular complexity index is 1060. The molecule has 0 bridgehead atoms. The summed E-state index contributed by atoms with van der Waals surface area (Å²) in [6.45, 7) is -2.42. The normalized spacial score (nSPS) is 11.1. The van der Waals surface area contributed by atoms with Crippen LogP contribution in [0.3, 0.4) is 0 Å². The summed E-state index contributed by atoms with van der Waals surface area (Å²) in [5.74, 6) is -2.46. The smallest absolute Gasteiger partial charge is 0.405 e. The molecule has 2 heterocycles. The number of hydrogen-bond acceptors (Lipinski definition) is 6. The largest absolute Gasteiger partial charge is 0.452 e. The van der Waals surface area contributed by atoms with E-state index in [1.165, 1.54) is 11.3 Å². The van der Waals surface area contributed by atoms with Crippen molar-refractivity contribution in [2.24, 2.45) is 0 Å². The SMILES string of the molecule is O=C(COC(=O)c1c(-c2ccccc2)csc1NC(=O)c1cccs1)NCC(F)(F)F. The summed E-state index contributed by atoms with van der Waals surface area (Å²) in [4.78, 5) is 37.2. The van der Waals surface area contributed by atoms with Crippen molar-refractivity contribution in [1.82, 2.24) is 5.32 Å². The lowest BCUT2D eigenvalue weighted by Crippen LogP contribution is -2.36. The molecule has 0 aliphatic heterocycles. The molecular formula is C20H15F3N2O4S2. The molecule has 3 rings (SSSR count). The molecule has 162 valence electrons. The minimum atomic E-state index is -4.58. The van der Waals surface area contributed by atoms with Gasteiger partial charge in [-0.2, -0.15) is 13.2 Å². The van der Waals surface area contributed by atoms with Gasteiger partial charge in [0.05, 0.1) is 4.88 Å². The van der Waals surface area contributed by atoms with Crippen LogP contribution >= 0.6 is 22.7 Å². The van der Waals surface area contributed by atoms with Crippen molar-refractivity contribution in [1.29, 1.82) is 0 Å². The molecule has 0 radical (unpaired) electrons. The number of alkyl halides is 3. The second kappa shape index (κ2) is 9.75. The molecule has 3 aromatic rings.